The van der Waals surface area contributed by atoms with Crippen molar-refractivity contribution < 1.29 is 9.59 Å². The average molecular weight is 286 g/mol. The molecule has 0 aliphatic rings. The van der Waals surface area contributed by atoms with Crippen LogP contribution in [0.2, 0.25) is 0 Å². The minimum Gasteiger partial charge on any atom is -0.398 e. The smallest absolute Gasteiger partial charge is 0.269 e. The molecule has 0 radical (unpaired) electrons. The van der Waals surface area contributed by atoms with Gasteiger partial charge in [0.2, 0.25) is 5.91 Å². The van der Waals surface area contributed by atoms with Gasteiger partial charge in [0.25, 0.3) is 5.91 Å². The van der Waals surface area contributed by atoms with E-state index in [1.807, 2.05) is 18.2 Å². The fourth-order valence-corrected chi connectivity index (χ4v) is 1.92. The normalized spacial score (nSPS) is 10.4. The van der Waals surface area contributed by atoms with Crippen LogP contribution < -0.4 is 11.1 Å². The van der Waals surface area contributed by atoms with Gasteiger partial charge in [0.15, 0.2) is 0 Å². The van der Waals surface area contributed by atoms with Crippen molar-refractivity contribution in [2.75, 3.05) is 26.4 Å². The minimum absolute atomic E-state index is 0.0405. The number of nitrogen functional groups attached to an aromatic ring is 1. The molecule has 0 aliphatic heterocycles. The van der Waals surface area contributed by atoms with Crippen LogP contribution in [0.5, 0.6) is 0 Å². The predicted molar refractivity (Wildman–Crippen MR) is 81.8 cm³/mol. The molecule has 0 spiro atoms. The summed E-state index contributed by atoms with van der Waals surface area (Å²) in [6.45, 7) is 0.268. The number of anilines is 1. The summed E-state index contributed by atoms with van der Waals surface area (Å²) in [5.41, 5.74) is 7.37. The number of fused-ring (bicyclic) bond motifs is 1. The zero-order chi connectivity index (χ0) is 15.4. The summed E-state index contributed by atoms with van der Waals surface area (Å²) in [6, 6.07) is 8.91. The van der Waals surface area contributed by atoms with Crippen LogP contribution in [0.4, 0.5) is 5.69 Å². The topological polar surface area (TPSA) is 88.3 Å². The number of hydrogen-bond acceptors (Lipinski definition) is 4. The standard InChI is InChI=1S/C15H18N4O2/c1-19(2)14(20)7-8-17-15(21)13-9-11(16)10-5-3-4-6-12(10)18-13/h3-6,9H,7-8H2,1-2H3,(H2,16,18)(H,17,21). The number of aromatic nitrogens is 1. The van der Waals surface area contributed by atoms with Crippen molar-refractivity contribution in [1.29, 1.82) is 0 Å². The van der Waals surface area contributed by atoms with E-state index in [9.17, 15) is 9.59 Å². The van der Waals surface area contributed by atoms with Crippen molar-refractivity contribution in [1.82, 2.24) is 15.2 Å². The molecule has 2 amide bonds. The van der Waals surface area contributed by atoms with Crippen LogP contribution in [-0.4, -0.2) is 42.3 Å². The number of pyridine rings is 1. The van der Waals surface area contributed by atoms with Crippen molar-refractivity contribution in [2.24, 2.45) is 0 Å². The lowest BCUT2D eigenvalue weighted by Gasteiger charge is -2.11. The highest BCUT2D eigenvalue weighted by atomic mass is 16.2. The number of benzene rings is 1. The molecule has 0 unspecified atom stereocenters. The van der Waals surface area contributed by atoms with E-state index < -0.39 is 0 Å². The van der Waals surface area contributed by atoms with E-state index in [0.717, 1.165) is 5.39 Å². The molecule has 0 saturated carbocycles. The van der Waals surface area contributed by atoms with E-state index in [-0.39, 0.29) is 30.5 Å². The second-order valence-corrected chi connectivity index (χ2v) is 4.91. The van der Waals surface area contributed by atoms with Gasteiger partial charge in [0.1, 0.15) is 5.69 Å². The van der Waals surface area contributed by atoms with E-state index in [0.29, 0.717) is 11.2 Å². The van der Waals surface area contributed by atoms with Crippen LogP contribution >= 0.6 is 0 Å². The summed E-state index contributed by atoms with van der Waals surface area (Å²) in [4.78, 5) is 29.2. The molecule has 0 bridgehead atoms. The molecule has 2 aromatic rings. The maximum Gasteiger partial charge on any atom is 0.269 e. The first-order valence-electron chi connectivity index (χ1n) is 6.62. The third-order valence-corrected chi connectivity index (χ3v) is 3.10. The van der Waals surface area contributed by atoms with Crippen LogP contribution in [0.15, 0.2) is 30.3 Å². The Kier molecular flexibility index (Phi) is 4.37. The highest BCUT2D eigenvalue weighted by Gasteiger charge is 2.11. The molecule has 2 rings (SSSR count). The van der Waals surface area contributed by atoms with Gasteiger partial charge in [-0.1, -0.05) is 18.2 Å². The number of hydrogen-bond donors (Lipinski definition) is 2. The van der Waals surface area contributed by atoms with Gasteiger partial charge in [-0.05, 0) is 12.1 Å². The Morgan fingerprint density at radius 3 is 2.71 bits per heavy atom. The maximum absolute atomic E-state index is 12.0. The first-order chi connectivity index (χ1) is 9.99. The van der Waals surface area contributed by atoms with E-state index in [2.05, 4.69) is 10.3 Å². The summed E-state index contributed by atoms with van der Waals surface area (Å²) in [7, 11) is 3.35. The van der Waals surface area contributed by atoms with Crippen molar-refractivity contribution in [3.05, 3.63) is 36.0 Å². The molecule has 0 fully saturated rings. The minimum atomic E-state index is -0.334. The first-order valence-corrected chi connectivity index (χ1v) is 6.62. The first kappa shape index (κ1) is 14.8. The number of nitrogens with two attached hydrogens (primary N) is 1. The SMILES string of the molecule is CN(C)C(=O)CCNC(=O)c1cc(N)c2ccccc2n1. The zero-order valence-corrected chi connectivity index (χ0v) is 12.1. The molecule has 21 heavy (non-hydrogen) atoms. The highest BCUT2D eigenvalue weighted by molar-refractivity contribution is 5.99. The summed E-state index contributed by atoms with van der Waals surface area (Å²) >= 11 is 0. The van der Waals surface area contributed by atoms with Gasteiger partial charge in [-0.25, -0.2) is 4.98 Å². The van der Waals surface area contributed by atoms with Crippen molar-refractivity contribution in [2.45, 2.75) is 6.42 Å². The van der Waals surface area contributed by atoms with Crippen molar-refractivity contribution >= 4 is 28.4 Å². The number of carbonyl (C=O) groups excluding carboxylic acids is 2. The van der Waals surface area contributed by atoms with E-state index in [1.165, 1.54) is 4.90 Å². The number of para-hydroxylation sites is 1. The van der Waals surface area contributed by atoms with Gasteiger partial charge in [-0.3, -0.25) is 9.59 Å². The lowest BCUT2D eigenvalue weighted by atomic mass is 10.1. The second kappa shape index (κ2) is 6.21. The Morgan fingerprint density at radius 1 is 1.29 bits per heavy atom. The molecule has 0 saturated heterocycles. The fraction of sp³-hybridized carbons (Fsp3) is 0.267. The molecule has 1 heterocycles. The number of nitrogens with zero attached hydrogens (tertiary/aromatic N) is 2. The summed E-state index contributed by atoms with van der Waals surface area (Å²) < 4.78 is 0. The van der Waals surface area contributed by atoms with Crippen LogP contribution in [0, 0.1) is 0 Å². The Morgan fingerprint density at radius 2 is 2.00 bits per heavy atom. The predicted octanol–water partition coefficient (Wildman–Crippen LogP) is 1.03. The van der Waals surface area contributed by atoms with E-state index >= 15 is 0 Å². The molecule has 1 aromatic heterocycles. The summed E-state index contributed by atoms with van der Waals surface area (Å²) in [6.07, 6.45) is 0.252. The third kappa shape index (κ3) is 3.47. The monoisotopic (exact) mass is 286 g/mol. The fourth-order valence-electron chi connectivity index (χ4n) is 1.92. The average Bonchev–Trinajstić information content (AvgIpc) is 2.46. The molecule has 6 heteroatoms. The molecule has 6 nitrogen and oxygen atoms in total. The molecular weight excluding hydrogens is 268 g/mol. The van der Waals surface area contributed by atoms with Crippen molar-refractivity contribution in [3.63, 3.8) is 0 Å². The van der Waals surface area contributed by atoms with Crippen LogP contribution in [-0.2, 0) is 4.79 Å². The van der Waals surface area contributed by atoms with Gasteiger partial charge in [0.05, 0.1) is 5.52 Å². The largest absolute Gasteiger partial charge is 0.398 e. The quantitative estimate of drug-likeness (QED) is 0.878. The van der Waals surface area contributed by atoms with Gasteiger partial charge in [-0.15, -0.1) is 0 Å². The van der Waals surface area contributed by atoms with Crippen molar-refractivity contribution in [3.8, 4) is 0 Å². The van der Waals surface area contributed by atoms with Crippen LogP contribution in [0.3, 0.4) is 0 Å². The molecule has 110 valence electrons. The molecule has 1 aromatic carbocycles. The number of nitrogens with one attached hydrogen (secondary N) is 1. The van der Waals surface area contributed by atoms with Crippen LogP contribution in [0.1, 0.15) is 16.9 Å². The Bertz CT molecular complexity index is 682. The molecule has 0 aliphatic carbocycles. The van der Waals surface area contributed by atoms with Gasteiger partial charge < -0.3 is 16.0 Å². The Balaban J connectivity index is 2.08. The summed E-state index contributed by atoms with van der Waals surface area (Å²) in [5, 5.41) is 3.49. The Labute approximate surface area is 122 Å². The second-order valence-electron chi connectivity index (χ2n) is 4.91. The van der Waals surface area contributed by atoms with Gasteiger partial charge >= 0.3 is 0 Å². The highest BCUT2D eigenvalue weighted by Crippen LogP contribution is 2.19. The Hall–Kier alpha value is -2.63. The summed E-state index contributed by atoms with van der Waals surface area (Å²) in [5.74, 6) is -0.375. The number of rotatable bonds is 4. The van der Waals surface area contributed by atoms with E-state index in [4.69, 9.17) is 5.73 Å². The zero-order valence-electron chi connectivity index (χ0n) is 12.1. The molecule has 0 atom stereocenters. The molecule has 3 N–H and O–H groups in total. The number of amides is 2. The maximum atomic E-state index is 12.0. The lowest BCUT2D eigenvalue weighted by Crippen LogP contribution is -2.30. The molecular formula is C15H18N4O2. The van der Waals surface area contributed by atoms with E-state index in [1.54, 1.807) is 26.2 Å². The van der Waals surface area contributed by atoms with Gasteiger partial charge in [-0.2, -0.15) is 0 Å². The third-order valence-electron chi connectivity index (χ3n) is 3.10. The lowest BCUT2D eigenvalue weighted by molar-refractivity contribution is -0.128. The number of carbonyl (C=O) groups is 2. The van der Waals surface area contributed by atoms with Gasteiger partial charge in [0, 0.05) is 38.1 Å². The van der Waals surface area contributed by atoms with Crippen LogP contribution in [0.25, 0.3) is 10.9 Å².